The molecule has 21 heavy (non-hydrogen) atoms. The Morgan fingerprint density at radius 1 is 1.24 bits per heavy atom. The first-order chi connectivity index (χ1) is 10.1. The molecule has 2 rings (SSSR count). The highest BCUT2D eigenvalue weighted by Crippen LogP contribution is 2.27. The molecule has 2 aromatic carbocycles. The Kier molecular flexibility index (Phi) is 5.21. The van der Waals surface area contributed by atoms with Gasteiger partial charge in [-0.05, 0) is 60.8 Å². The lowest BCUT2D eigenvalue weighted by atomic mass is 10.1. The number of aryl methyl sites for hydroxylation is 1. The summed E-state index contributed by atoms with van der Waals surface area (Å²) >= 11 is 6.21. The SMILES string of the molecule is Cc1cc(C#N)ccc1COc1ccc(CCN)cc1Cl. The van der Waals surface area contributed by atoms with Crippen molar-refractivity contribution in [1.29, 1.82) is 5.26 Å². The van der Waals surface area contributed by atoms with Crippen LogP contribution >= 0.6 is 11.6 Å². The molecule has 3 nitrogen and oxygen atoms in total. The third-order valence-electron chi connectivity index (χ3n) is 3.28. The van der Waals surface area contributed by atoms with Gasteiger partial charge < -0.3 is 10.5 Å². The number of nitrogens with two attached hydrogens (primary N) is 1. The summed E-state index contributed by atoms with van der Waals surface area (Å²) in [4.78, 5) is 0. The normalized spacial score (nSPS) is 10.2. The molecule has 4 heteroatoms. The van der Waals surface area contributed by atoms with Crippen LogP contribution in [0.5, 0.6) is 5.75 Å². The van der Waals surface area contributed by atoms with E-state index in [1.54, 1.807) is 6.07 Å². The molecule has 0 unspecified atom stereocenters. The molecule has 0 radical (unpaired) electrons. The molecule has 0 aliphatic rings. The monoisotopic (exact) mass is 300 g/mol. The number of nitrogens with zero attached hydrogens (tertiary/aromatic N) is 1. The second-order valence-electron chi connectivity index (χ2n) is 4.85. The van der Waals surface area contributed by atoms with Crippen molar-refractivity contribution < 1.29 is 4.74 Å². The van der Waals surface area contributed by atoms with Gasteiger partial charge in [0.1, 0.15) is 12.4 Å². The molecule has 0 saturated heterocycles. The molecule has 0 amide bonds. The van der Waals surface area contributed by atoms with Crippen molar-refractivity contribution in [1.82, 2.24) is 0 Å². The van der Waals surface area contributed by atoms with Crippen LogP contribution in [0.1, 0.15) is 22.3 Å². The molecule has 0 heterocycles. The Balaban J connectivity index is 2.08. The third-order valence-corrected chi connectivity index (χ3v) is 3.58. The maximum atomic E-state index is 8.86. The quantitative estimate of drug-likeness (QED) is 0.918. The van der Waals surface area contributed by atoms with Gasteiger partial charge in [-0.3, -0.25) is 0 Å². The van der Waals surface area contributed by atoms with Crippen LogP contribution in [-0.2, 0) is 13.0 Å². The summed E-state index contributed by atoms with van der Waals surface area (Å²) in [7, 11) is 0. The first-order valence-electron chi connectivity index (χ1n) is 6.75. The van der Waals surface area contributed by atoms with E-state index in [0.717, 1.165) is 23.1 Å². The van der Waals surface area contributed by atoms with Gasteiger partial charge in [-0.2, -0.15) is 5.26 Å². The van der Waals surface area contributed by atoms with Crippen LogP contribution in [0.25, 0.3) is 0 Å². The number of benzene rings is 2. The molecule has 0 aliphatic heterocycles. The van der Waals surface area contributed by atoms with Crippen molar-refractivity contribution >= 4 is 11.6 Å². The minimum Gasteiger partial charge on any atom is -0.487 e. The summed E-state index contributed by atoms with van der Waals surface area (Å²) in [5, 5.41) is 9.45. The van der Waals surface area contributed by atoms with Gasteiger partial charge in [0.05, 0.1) is 16.7 Å². The lowest BCUT2D eigenvalue weighted by Crippen LogP contribution is -2.03. The van der Waals surface area contributed by atoms with Gasteiger partial charge in [0.2, 0.25) is 0 Å². The standard InChI is InChI=1S/C17H17ClN2O/c1-12-8-14(10-20)2-4-15(12)11-21-17-5-3-13(6-7-19)9-16(17)18/h2-5,8-9H,6-7,11,19H2,1H3. The molecule has 0 bridgehead atoms. The van der Waals surface area contributed by atoms with Gasteiger partial charge >= 0.3 is 0 Å². The van der Waals surface area contributed by atoms with E-state index in [9.17, 15) is 0 Å². The fraction of sp³-hybridized carbons (Fsp3) is 0.235. The van der Waals surface area contributed by atoms with Gasteiger partial charge in [0.15, 0.2) is 0 Å². The molecule has 2 aromatic rings. The number of halogens is 1. The van der Waals surface area contributed by atoms with E-state index in [1.807, 2.05) is 37.3 Å². The molecular formula is C17H17ClN2O. The van der Waals surface area contributed by atoms with Crippen molar-refractivity contribution in [3.63, 3.8) is 0 Å². The van der Waals surface area contributed by atoms with E-state index >= 15 is 0 Å². The summed E-state index contributed by atoms with van der Waals surface area (Å²) in [6, 6.07) is 13.4. The predicted octanol–water partition coefficient (Wildman–Crippen LogP) is 3.60. The Labute approximate surface area is 129 Å². The van der Waals surface area contributed by atoms with Gasteiger partial charge in [-0.1, -0.05) is 23.7 Å². The highest BCUT2D eigenvalue weighted by atomic mass is 35.5. The molecule has 108 valence electrons. The topological polar surface area (TPSA) is 59.0 Å². The number of hydrogen-bond donors (Lipinski definition) is 1. The summed E-state index contributed by atoms with van der Waals surface area (Å²) < 4.78 is 5.76. The van der Waals surface area contributed by atoms with E-state index in [1.165, 1.54) is 0 Å². The summed E-state index contributed by atoms with van der Waals surface area (Å²) in [5.74, 6) is 0.654. The maximum absolute atomic E-state index is 8.86. The summed E-state index contributed by atoms with van der Waals surface area (Å²) in [5.41, 5.74) is 9.35. The summed E-state index contributed by atoms with van der Waals surface area (Å²) in [6.07, 6.45) is 0.800. The average Bonchev–Trinajstić information content (AvgIpc) is 2.48. The Morgan fingerprint density at radius 3 is 2.67 bits per heavy atom. The molecule has 2 N–H and O–H groups in total. The number of hydrogen-bond acceptors (Lipinski definition) is 3. The number of ether oxygens (including phenoxy) is 1. The van der Waals surface area contributed by atoms with E-state index in [-0.39, 0.29) is 0 Å². The molecule has 0 fully saturated rings. The molecule has 0 atom stereocenters. The smallest absolute Gasteiger partial charge is 0.138 e. The minimum atomic E-state index is 0.424. The summed E-state index contributed by atoms with van der Waals surface area (Å²) in [6.45, 7) is 2.99. The molecule has 0 spiro atoms. The zero-order chi connectivity index (χ0) is 15.2. The van der Waals surface area contributed by atoms with E-state index in [0.29, 0.717) is 29.5 Å². The van der Waals surface area contributed by atoms with Gasteiger partial charge in [0.25, 0.3) is 0 Å². The van der Waals surface area contributed by atoms with Crippen LogP contribution in [0.2, 0.25) is 5.02 Å². The van der Waals surface area contributed by atoms with Crippen molar-refractivity contribution in [3.05, 3.63) is 63.7 Å². The first-order valence-corrected chi connectivity index (χ1v) is 7.12. The fourth-order valence-electron chi connectivity index (χ4n) is 2.07. The minimum absolute atomic E-state index is 0.424. The van der Waals surface area contributed by atoms with E-state index in [4.69, 9.17) is 27.3 Å². The highest BCUT2D eigenvalue weighted by Gasteiger charge is 2.05. The average molecular weight is 301 g/mol. The van der Waals surface area contributed by atoms with Crippen molar-refractivity contribution in [3.8, 4) is 11.8 Å². The number of rotatable bonds is 5. The van der Waals surface area contributed by atoms with Crippen LogP contribution < -0.4 is 10.5 Å². The second-order valence-corrected chi connectivity index (χ2v) is 5.25. The first kappa shape index (κ1) is 15.4. The van der Waals surface area contributed by atoms with Gasteiger partial charge in [0, 0.05) is 0 Å². The third kappa shape index (κ3) is 3.98. The Hall–Kier alpha value is -2.02. The van der Waals surface area contributed by atoms with Crippen LogP contribution in [0.15, 0.2) is 36.4 Å². The fourth-order valence-corrected chi connectivity index (χ4v) is 2.32. The lowest BCUT2D eigenvalue weighted by molar-refractivity contribution is 0.305. The van der Waals surface area contributed by atoms with E-state index < -0.39 is 0 Å². The molecule has 0 saturated carbocycles. The zero-order valence-electron chi connectivity index (χ0n) is 11.9. The zero-order valence-corrected chi connectivity index (χ0v) is 12.7. The Bertz CT molecular complexity index is 677. The van der Waals surface area contributed by atoms with E-state index in [2.05, 4.69) is 6.07 Å². The van der Waals surface area contributed by atoms with Gasteiger partial charge in [-0.15, -0.1) is 0 Å². The van der Waals surface area contributed by atoms with Crippen LogP contribution in [0.4, 0.5) is 0 Å². The second kappa shape index (κ2) is 7.12. The predicted molar refractivity (Wildman–Crippen MR) is 84.4 cm³/mol. The van der Waals surface area contributed by atoms with Crippen molar-refractivity contribution in [2.24, 2.45) is 5.73 Å². The van der Waals surface area contributed by atoms with Crippen LogP contribution in [-0.4, -0.2) is 6.54 Å². The Morgan fingerprint density at radius 2 is 2.05 bits per heavy atom. The molecular weight excluding hydrogens is 284 g/mol. The molecule has 0 aromatic heterocycles. The van der Waals surface area contributed by atoms with Crippen molar-refractivity contribution in [2.75, 3.05) is 6.54 Å². The lowest BCUT2D eigenvalue weighted by Gasteiger charge is -2.11. The van der Waals surface area contributed by atoms with Crippen LogP contribution in [0.3, 0.4) is 0 Å². The highest BCUT2D eigenvalue weighted by molar-refractivity contribution is 6.32. The molecule has 0 aliphatic carbocycles. The van der Waals surface area contributed by atoms with Gasteiger partial charge in [-0.25, -0.2) is 0 Å². The number of nitriles is 1. The largest absolute Gasteiger partial charge is 0.487 e. The maximum Gasteiger partial charge on any atom is 0.138 e. The van der Waals surface area contributed by atoms with Crippen molar-refractivity contribution in [2.45, 2.75) is 20.0 Å². The van der Waals surface area contributed by atoms with Crippen LogP contribution in [0, 0.1) is 18.3 Å².